The third-order valence-corrected chi connectivity index (χ3v) is 3.42. The molecule has 1 aliphatic rings. The molecule has 17 heavy (non-hydrogen) atoms. The van der Waals surface area contributed by atoms with E-state index in [1.807, 2.05) is 12.3 Å². The highest BCUT2D eigenvalue weighted by Crippen LogP contribution is 2.08. The van der Waals surface area contributed by atoms with Gasteiger partial charge in [-0.25, -0.2) is 0 Å². The number of hydrogen-bond acceptors (Lipinski definition) is 3. The number of aromatic amines is 1. The Morgan fingerprint density at radius 1 is 1.29 bits per heavy atom. The molecule has 4 nitrogen and oxygen atoms in total. The summed E-state index contributed by atoms with van der Waals surface area (Å²) in [5, 5.41) is 3.39. The minimum atomic E-state index is 1.13. The number of aromatic nitrogens is 1. The van der Waals surface area contributed by atoms with Crippen molar-refractivity contribution in [3.63, 3.8) is 0 Å². The van der Waals surface area contributed by atoms with Gasteiger partial charge in [-0.15, -0.1) is 0 Å². The largest absolute Gasteiger partial charge is 0.361 e. The van der Waals surface area contributed by atoms with Gasteiger partial charge in [-0.2, -0.15) is 0 Å². The zero-order valence-electron chi connectivity index (χ0n) is 10.8. The molecule has 0 aliphatic carbocycles. The molecule has 2 heterocycles. The highest BCUT2D eigenvalue weighted by atomic mass is 15.2. The van der Waals surface area contributed by atoms with Crippen LogP contribution in [0.3, 0.4) is 0 Å². The molecule has 1 aromatic heterocycles. The van der Waals surface area contributed by atoms with Gasteiger partial charge in [0.05, 0.1) is 0 Å². The van der Waals surface area contributed by atoms with Crippen molar-refractivity contribution < 1.29 is 0 Å². The third-order valence-electron chi connectivity index (χ3n) is 3.42. The molecule has 0 radical (unpaired) electrons. The molecule has 1 aromatic rings. The Bertz CT molecular complexity index is 290. The predicted octanol–water partition coefficient (Wildman–Crippen LogP) is 1.14. The average molecular weight is 236 g/mol. The summed E-state index contributed by atoms with van der Waals surface area (Å²) < 4.78 is 0. The lowest BCUT2D eigenvalue weighted by Crippen LogP contribution is -2.43. The molecule has 1 aliphatic heterocycles. The van der Waals surface area contributed by atoms with E-state index in [1.54, 1.807) is 0 Å². The van der Waals surface area contributed by atoms with E-state index < -0.39 is 0 Å². The molecular formula is C13H24N4. The molecule has 4 heteroatoms. The number of nitrogens with one attached hydrogen (secondary N) is 2. The molecule has 0 bridgehead atoms. The van der Waals surface area contributed by atoms with Crippen LogP contribution < -0.4 is 10.2 Å². The summed E-state index contributed by atoms with van der Waals surface area (Å²) in [6, 6.07) is 4.17. The number of hydrogen-bond donors (Lipinski definition) is 2. The van der Waals surface area contributed by atoms with Gasteiger partial charge < -0.3 is 20.1 Å². The molecular weight excluding hydrogens is 212 g/mol. The fraction of sp³-hybridized carbons (Fsp3) is 0.692. The summed E-state index contributed by atoms with van der Waals surface area (Å²) in [6.07, 6.45) is 4.54. The van der Waals surface area contributed by atoms with Gasteiger partial charge in [-0.3, -0.25) is 0 Å². The molecule has 0 spiro atoms. The quantitative estimate of drug-likeness (QED) is 0.727. The van der Waals surface area contributed by atoms with Crippen LogP contribution in [0.15, 0.2) is 18.3 Å². The van der Waals surface area contributed by atoms with Crippen LogP contribution in [0.25, 0.3) is 0 Å². The Kier molecular flexibility index (Phi) is 4.88. The molecule has 2 N–H and O–H groups in total. The van der Waals surface area contributed by atoms with E-state index in [1.165, 1.54) is 38.3 Å². The monoisotopic (exact) mass is 236 g/mol. The average Bonchev–Trinajstić information content (AvgIpc) is 2.89. The molecule has 96 valence electrons. The number of nitrogens with zero attached hydrogens (tertiary/aromatic N) is 2. The van der Waals surface area contributed by atoms with Crippen LogP contribution in [0.5, 0.6) is 0 Å². The molecule has 0 saturated carbocycles. The summed E-state index contributed by atoms with van der Waals surface area (Å²) in [4.78, 5) is 8.08. The number of piperazine rings is 1. The van der Waals surface area contributed by atoms with Gasteiger partial charge in [-0.1, -0.05) is 0 Å². The Hall–Kier alpha value is -1.00. The van der Waals surface area contributed by atoms with Crippen LogP contribution >= 0.6 is 0 Å². The van der Waals surface area contributed by atoms with Crippen molar-refractivity contribution >= 4 is 5.82 Å². The van der Waals surface area contributed by atoms with Crippen molar-refractivity contribution in [2.45, 2.75) is 12.8 Å². The summed E-state index contributed by atoms with van der Waals surface area (Å²) in [6.45, 7) is 7.12. The van der Waals surface area contributed by atoms with E-state index in [0.29, 0.717) is 0 Å². The van der Waals surface area contributed by atoms with Crippen LogP contribution in [0.2, 0.25) is 0 Å². The van der Waals surface area contributed by atoms with E-state index in [4.69, 9.17) is 0 Å². The Labute approximate surface area is 104 Å². The van der Waals surface area contributed by atoms with Crippen LogP contribution in [-0.2, 0) is 0 Å². The van der Waals surface area contributed by atoms with Crippen molar-refractivity contribution in [1.82, 2.24) is 15.2 Å². The summed E-state index contributed by atoms with van der Waals surface area (Å²) >= 11 is 0. The highest BCUT2D eigenvalue weighted by Gasteiger charge is 2.08. The molecule has 0 aromatic carbocycles. The lowest BCUT2D eigenvalue weighted by molar-refractivity contribution is 0.237. The van der Waals surface area contributed by atoms with Gasteiger partial charge in [0, 0.05) is 46.0 Å². The maximum absolute atomic E-state index is 3.39. The maximum Gasteiger partial charge on any atom is 0.105 e. The van der Waals surface area contributed by atoms with Gasteiger partial charge in [-0.05, 0) is 31.5 Å². The van der Waals surface area contributed by atoms with Crippen LogP contribution in [0, 0.1) is 0 Å². The second-order valence-electron chi connectivity index (χ2n) is 4.78. The van der Waals surface area contributed by atoms with Crippen molar-refractivity contribution in [1.29, 1.82) is 0 Å². The molecule has 1 fully saturated rings. The SMILES string of the molecule is CN(CCCCN1CCNCC1)c1ccc[nH]1. The third kappa shape index (κ3) is 4.06. The normalized spacial score (nSPS) is 17.2. The highest BCUT2D eigenvalue weighted by molar-refractivity contribution is 5.36. The number of anilines is 1. The Morgan fingerprint density at radius 2 is 2.12 bits per heavy atom. The van der Waals surface area contributed by atoms with E-state index in [0.717, 1.165) is 19.6 Å². The lowest BCUT2D eigenvalue weighted by Gasteiger charge is -2.27. The van der Waals surface area contributed by atoms with Gasteiger partial charge >= 0.3 is 0 Å². The zero-order valence-corrected chi connectivity index (χ0v) is 10.8. The van der Waals surface area contributed by atoms with E-state index in [9.17, 15) is 0 Å². The minimum absolute atomic E-state index is 1.13. The first-order valence-electron chi connectivity index (χ1n) is 6.64. The molecule has 0 atom stereocenters. The molecule has 2 rings (SSSR count). The number of rotatable bonds is 6. The fourth-order valence-corrected chi connectivity index (χ4v) is 2.30. The second-order valence-corrected chi connectivity index (χ2v) is 4.78. The van der Waals surface area contributed by atoms with Crippen LogP contribution in [0.1, 0.15) is 12.8 Å². The Balaban J connectivity index is 1.56. The van der Waals surface area contributed by atoms with E-state index in [-0.39, 0.29) is 0 Å². The molecule has 0 unspecified atom stereocenters. The topological polar surface area (TPSA) is 34.3 Å². The van der Waals surface area contributed by atoms with Gasteiger partial charge in [0.2, 0.25) is 0 Å². The lowest BCUT2D eigenvalue weighted by atomic mass is 10.2. The molecule has 1 saturated heterocycles. The Morgan fingerprint density at radius 3 is 2.82 bits per heavy atom. The predicted molar refractivity (Wildman–Crippen MR) is 72.6 cm³/mol. The maximum atomic E-state index is 3.39. The van der Waals surface area contributed by atoms with Gasteiger partial charge in [0.15, 0.2) is 0 Å². The van der Waals surface area contributed by atoms with E-state index >= 15 is 0 Å². The summed E-state index contributed by atoms with van der Waals surface area (Å²) in [5.41, 5.74) is 0. The first-order valence-corrected chi connectivity index (χ1v) is 6.64. The summed E-state index contributed by atoms with van der Waals surface area (Å²) in [5.74, 6) is 1.21. The number of unbranched alkanes of at least 4 members (excludes halogenated alkanes) is 1. The first-order chi connectivity index (χ1) is 8.36. The van der Waals surface area contributed by atoms with E-state index in [2.05, 4.69) is 33.2 Å². The van der Waals surface area contributed by atoms with Crippen molar-refractivity contribution in [3.8, 4) is 0 Å². The zero-order chi connectivity index (χ0) is 11.9. The fourth-order valence-electron chi connectivity index (χ4n) is 2.30. The van der Waals surface area contributed by atoms with Crippen molar-refractivity contribution in [2.75, 3.05) is 51.2 Å². The number of H-pyrrole nitrogens is 1. The van der Waals surface area contributed by atoms with Crippen LogP contribution in [-0.4, -0.2) is 56.2 Å². The smallest absolute Gasteiger partial charge is 0.105 e. The van der Waals surface area contributed by atoms with Crippen LogP contribution in [0.4, 0.5) is 5.82 Å². The minimum Gasteiger partial charge on any atom is -0.361 e. The van der Waals surface area contributed by atoms with Crippen molar-refractivity contribution in [2.24, 2.45) is 0 Å². The summed E-state index contributed by atoms with van der Waals surface area (Å²) in [7, 11) is 2.15. The van der Waals surface area contributed by atoms with Gasteiger partial charge in [0.1, 0.15) is 5.82 Å². The second kappa shape index (κ2) is 6.67. The first kappa shape index (κ1) is 12.5. The molecule has 0 amide bonds. The standard InChI is InChI=1S/C13H24N4/c1-16(13-5-4-6-15-13)9-2-3-10-17-11-7-14-8-12-17/h4-6,14-15H,2-3,7-12H2,1H3. The van der Waals surface area contributed by atoms with Crippen molar-refractivity contribution in [3.05, 3.63) is 18.3 Å². The van der Waals surface area contributed by atoms with Gasteiger partial charge in [0.25, 0.3) is 0 Å².